The molecule has 1 atom stereocenters. The lowest BCUT2D eigenvalue weighted by molar-refractivity contribution is -0.121. The first-order chi connectivity index (χ1) is 8.52. The minimum Gasteiger partial charge on any atom is -0.352 e. The third-order valence-corrected chi connectivity index (χ3v) is 2.61. The molecule has 3 N–H and O–H groups in total. The van der Waals surface area contributed by atoms with Crippen LogP contribution in [0.1, 0.15) is 25.3 Å². The summed E-state index contributed by atoms with van der Waals surface area (Å²) in [7, 11) is 0. The van der Waals surface area contributed by atoms with Crippen LogP contribution in [0.5, 0.6) is 0 Å². The zero-order valence-corrected chi connectivity index (χ0v) is 11.6. The number of halogens is 3. The van der Waals surface area contributed by atoms with Crippen molar-refractivity contribution in [2.45, 2.75) is 32.2 Å². The van der Waals surface area contributed by atoms with E-state index in [1.54, 1.807) is 0 Å². The molecule has 0 fully saturated rings. The maximum Gasteiger partial charge on any atom is 0.220 e. The fourth-order valence-electron chi connectivity index (χ4n) is 1.55. The maximum atomic E-state index is 12.9. The van der Waals surface area contributed by atoms with E-state index in [1.165, 1.54) is 6.07 Å². The third kappa shape index (κ3) is 6.50. The fraction of sp³-hybridized carbons (Fsp3) is 0.462. The van der Waals surface area contributed by atoms with Gasteiger partial charge in [0, 0.05) is 19.0 Å². The Labute approximate surface area is 118 Å². The Morgan fingerprint density at radius 1 is 1.37 bits per heavy atom. The lowest BCUT2D eigenvalue weighted by Gasteiger charge is -2.10. The van der Waals surface area contributed by atoms with E-state index in [1.807, 2.05) is 6.92 Å². The van der Waals surface area contributed by atoms with E-state index >= 15 is 0 Å². The van der Waals surface area contributed by atoms with Crippen molar-refractivity contribution in [1.29, 1.82) is 0 Å². The lowest BCUT2D eigenvalue weighted by Crippen LogP contribution is -2.37. The highest BCUT2D eigenvalue weighted by molar-refractivity contribution is 5.85. The van der Waals surface area contributed by atoms with Gasteiger partial charge in [-0.1, -0.05) is 6.07 Å². The molecule has 1 amide bonds. The molecule has 108 valence electrons. The Morgan fingerprint density at radius 2 is 2.05 bits per heavy atom. The number of rotatable bonds is 6. The van der Waals surface area contributed by atoms with E-state index in [4.69, 9.17) is 5.73 Å². The van der Waals surface area contributed by atoms with Gasteiger partial charge in [-0.05, 0) is 37.5 Å². The smallest absolute Gasteiger partial charge is 0.220 e. The fourth-order valence-corrected chi connectivity index (χ4v) is 1.55. The van der Waals surface area contributed by atoms with Gasteiger partial charge in [-0.3, -0.25) is 4.79 Å². The Morgan fingerprint density at radius 3 is 2.63 bits per heavy atom. The van der Waals surface area contributed by atoms with Crippen LogP contribution in [0, 0.1) is 11.6 Å². The zero-order chi connectivity index (χ0) is 13.5. The first kappa shape index (κ1) is 17.8. The predicted molar refractivity (Wildman–Crippen MR) is 73.2 cm³/mol. The highest BCUT2D eigenvalue weighted by Crippen LogP contribution is 2.11. The van der Waals surface area contributed by atoms with Crippen molar-refractivity contribution in [2.24, 2.45) is 5.73 Å². The van der Waals surface area contributed by atoms with Crippen molar-refractivity contribution < 1.29 is 13.6 Å². The Balaban J connectivity index is 0.00000324. The largest absolute Gasteiger partial charge is 0.352 e. The molecule has 6 heteroatoms. The minimum atomic E-state index is -0.853. The van der Waals surface area contributed by atoms with Crippen LogP contribution in [0.15, 0.2) is 18.2 Å². The number of nitrogens with two attached hydrogens (primary N) is 1. The van der Waals surface area contributed by atoms with Gasteiger partial charge in [0.25, 0.3) is 0 Å². The van der Waals surface area contributed by atoms with Gasteiger partial charge in [0.15, 0.2) is 11.6 Å². The van der Waals surface area contributed by atoms with E-state index in [9.17, 15) is 13.6 Å². The third-order valence-electron chi connectivity index (χ3n) is 2.61. The number of nitrogens with one attached hydrogen (secondary N) is 1. The highest BCUT2D eigenvalue weighted by atomic mass is 35.5. The summed E-state index contributed by atoms with van der Waals surface area (Å²) >= 11 is 0. The number of hydrogen-bond acceptors (Lipinski definition) is 2. The summed E-state index contributed by atoms with van der Waals surface area (Å²) in [5, 5.41) is 2.74. The molecule has 1 aromatic carbocycles. The van der Waals surface area contributed by atoms with Crippen molar-refractivity contribution in [2.75, 3.05) is 6.54 Å². The first-order valence-electron chi connectivity index (χ1n) is 5.96. The minimum absolute atomic E-state index is 0. The number of carbonyl (C=O) groups is 1. The molecule has 0 saturated carbocycles. The molecule has 0 aliphatic rings. The summed E-state index contributed by atoms with van der Waals surface area (Å²) in [5.74, 6) is -1.78. The first-order valence-corrected chi connectivity index (χ1v) is 5.96. The van der Waals surface area contributed by atoms with Crippen LogP contribution in [0.25, 0.3) is 0 Å². The second kappa shape index (κ2) is 8.82. The van der Waals surface area contributed by atoms with E-state index < -0.39 is 11.6 Å². The van der Waals surface area contributed by atoms with E-state index in [0.717, 1.165) is 12.1 Å². The highest BCUT2D eigenvalue weighted by Gasteiger charge is 2.06. The average molecular weight is 293 g/mol. The Bertz CT molecular complexity index is 416. The van der Waals surface area contributed by atoms with Gasteiger partial charge in [0.2, 0.25) is 5.91 Å². The summed E-state index contributed by atoms with van der Waals surface area (Å²) < 4.78 is 25.6. The normalized spacial score (nSPS) is 11.6. The Hall–Kier alpha value is -1.20. The summed E-state index contributed by atoms with van der Waals surface area (Å²) in [6, 6.07) is 3.75. The molecular formula is C13H19ClF2N2O. The molecule has 0 saturated heterocycles. The SMILES string of the molecule is C[C@@H](CN)NC(=O)CCCc1ccc(F)c(F)c1.Cl. The van der Waals surface area contributed by atoms with Gasteiger partial charge in [0.1, 0.15) is 0 Å². The summed E-state index contributed by atoms with van der Waals surface area (Å²) in [5.41, 5.74) is 6.07. The van der Waals surface area contributed by atoms with Crippen LogP contribution in [0.2, 0.25) is 0 Å². The molecule has 0 heterocycles. The van der Waals surface area contributed by atoms with Crippen molar-refractivity contribution in [1.82, 2.24) is 5.32 Å². The molecule has 0 aliphatic heterocycles. The monoisotopic (exact) mass is 292 g/mol. The van der Waals surface area contributed by atoms with Crippen LogP contribution in [0.4, 0.5) is 8.78 Å². The summed E-state index contributed by atoms with van der Waals surface area (Å²) in [4.78, 5) is 11.4. The average Bonchev–Trinajstić information content (AvgIpc) is 2.33. The molecule has 1 aromatic rings. The number of amides is 1. The number of aryl methyl sites for hydroxylation is 1. The molecule has 3 nitrogen and oxygen atoms in total. The molecule has 0 unspecified atom stereocenters. The molecule has 0 radical (unpaired) electrons. The predicted octanol–water partition coefficient (Wildman–Crippen LogP) is 2.17. The standard InChI is InChI=1S/C13H18F2N2O.ClH/c1-9(8-16)17-13(18)4-2-3-10-5-6-11(14)12(15)7-10;/h5-7,9H,2-4,8,16H2,1H3,(H,17,18);1H/t9-;/m0./s1. The van der Waals surface area contributed by atoms with Crippen LogP contribution in [0.3, 0.4) is 0 Å². The van der Waals surface area contributed by atoms with Crippen molar-refractivity contribution in [3.63, 3.8) is 0 Å². The van der Waals surface area contributed by atoms with Crippen LogP contribution < -0.4 is 11.1 Å². The summed E-state index contributed by atoms with van der Waals surface area (Å²) in [6.45, 7) is 2.22. The molecule has 0 aromatic heterocycles. The van der Waals surface area contributed by atoms with Crippen molar-refractivity contribution in [3.8, 4) is 0 Å². The molecule has 0 spiro atoms. The van der Waals surface area contributed by atoms with Crippen molar-refractivity contribution >= 4 is 18.3 Å². The van der Waals surface area contributed by atoms with Gasteiger partial charge in [-0.2, -0.15) is 0 Å². The van der Waals surface area contributed by atoms with Gasteiger partial charge in [-0.15, -0.1) is 12.4 Å². The molecular weight excluding hydrogens is 274 g/mol. The van der Waals surface area contributed by atoms with Gasteiger partial charge >= 0.3 is 0 Å². The molecule has 0 bridgehead atoms. The van der Waals surface area contributed by atoms with Crippen LogP contribution in [-0.4, -0.2) is 18.5 Å². The van der Waals surface area contributed by atoms with Crippen LogP contribution >= 0.6 is 12.4 Å². The quantitative estimate of drug-likeness (QED) is 0.844. The zero-order valence-electron chi connectivity index (χ0n) is 10.8. The van der Waals surface area contributed by atoms with E-state index in [-0.39, 0.29) is 24.4 Å². The van der Waals surface area contributed by atoms with Gasteiger partial charge in [0.05, 0.1) is 0 Å². The van der Waals surface area contributed by atoms with Gasteiger partial charge < -0.3 is 11.1 Å². The summed E-state index contributed by atoms with van der Waals surface area (Å²) in [6.07, 6.45) is 1.49. The van der Waals surface area contributed by atoms with E-state index in [0.29, 0.717) is 31.4 Å². The number of benzene rings is 1. The lowest BCUT2D eigenvalue weighted by atomic mass is 10.1. The Kier molecular flexibility index (Phi) is 8.27. The number of hydrogen-bond donors (Lipinski definition) is 2. The molecule has 19 heavy (non-hydrogen) atoms. The second-order valence-electron chi connectivity index (χ2n) is 4.31. The maximum absolute atomic E-state index is 12.9. The van der Waals surface area contributed by atoms with Crippen LogP contribution in [-0.2, 0) is 11.2 Å². The number of carbonyl (C=O) groups excluding carboxylic acids is 1. The molecule has 1 rings (SSSR count). The topological polar surface area (TPSA) is 55.1 Å². The second-order valence-corrected chi connectivity index (χ2v) is 4.31. The molecule has 0 aliphatic carbocycles. The van der Waals surface area contributed by atoms with Gasteiger partial charge in [-0.25, -0.2) is 8.78 Å². The van der Waals surface area contributed by atoms with Crippen molar-refractivity contribution in [3.05, 3.63) is 35.4 Å². The van der Waals surface area contributed by atoms with E-state index in [2.05, 4.69) is 5.32 Å².